The minimum atomic E-state index is -4.76. The van der Waals surface area contributed by atoms with Crippen molar-refractivity contribution in [2.75, 3.05) is 0 Å². The molecular formula is C9H9F3O2. The van der Waals surface area contributed by atoms with Gasteiger partial charge in [-0.05, 0) is 12.5 Å². The molecule has 1 unspecified atom stereocenters. The van der Waals surface area contributed by atoms with Crippen molar-refractivity contribution in [3.63, 3.8) is 0 Å². The van der Waals surface area contributed by atoms with Gasteiger partial charge in [0.25, 0.3) is 0 Å². The molecule has 5 heteroatoms. The van der Waals surface area contributed by atoms with Gasteiger partial charge in [-0.15, -0.1) is 0 Å². The first kappa shape index (κ1) is 10.8. The maximum absolute atomic E-state index is 12.1. The first-order valence-corrected chi connectivity index (χ1v) is 3.87. The second kappa shape index (κ2) is 3.49. The van der Waals surface area contributed by atoms with Crippen molar-refractivity contribution in [3.05, 3.63) is 29.3 Å². The lowest BCUT2D eigenvalue weighted by atomic mass is 10.0. The molecule has 0 saturated heterocycles. The predicted molar refractivity (Wildman–Crippen MR) is 43.9 cm³/mol. The maximum Gasteiger partial charge on any atom is 0.418 e. The van der Waals surface area contributed by atoms with Crippen molar-refractivity contribution in [3.8, 4) is 5.75 Å². The number of aromatic hydroxyl groups is 1. The molecule has 0 spiro atoms. The molecule has 78 valence electrons. The maximum atomic E-state index is 12.1. The Morgan fingerprint density at radius 3 is 2.36 bits per heavy atom. The van der Waals surface area contributed by atoms with Gasteiger partial charge >= 0.3 is 6.18 Å². The summed E-state index contributed by atoms with van der Waals surface area (Å²) in [6, 6.07) is 3.85. The SMILES string of the molecule is Cc1cccc(C(O)C(F)(F)F)c1O. The molecule has 0 radical (unpaired) electrons. The van der Waals surface area contributed by atoms with E-state index in [9.17, 15) is 18.3 Å². The molecule has 2 N–H and O–H groups in total. The van der Waals surface area contributed by atoms with Crippen LogP contribution in [0, 0.1) is 6.92 Å². The Morgan fingerprint density at radius 2 is 1.86 bits per heavy atom. The highest BCUT2D eigenvalue weighted by Gasteiger charge is 2.40. The van der Waals surface area contributed by atoms with Crippen molar-refractivity contribution < 1.29 is 23.4 Å². The van der Waals surface area contributed by atoms with Gasteiger partial charge < -0.3 is 10.2 Å². The van der Waals surface area contributed by atoms with E-state index in [0.717, 1.165) is 6.07 Å². The number of hydrogen-bond donors (Lipinski definition) is 2. The van der Waals surface area contributed by atoms with Crippen LogP contribution in [0.25, 0.3) is 0 Å². The molecule has 0 aliphatic heterocycles. The second-order valence-corrected chi connectivity index (χ2v) is 2.96. The van der Waals surface area contributed by atoms with E-state index in [1.807, 2.05) is 0 Å². The second-order valence-electron chi connectivity index (χ2n) is 2.96. The zero-order valence-corrected chi connectivity index (χ0v) is 7.34. The van der Waals surface area contributed by atoms with Crippen LogP contribution < -0.4 is 0 Å². The summed E-state index contributed by atoms with van der Waals surface area (Å²) in [6.45, 7) is 1.46. The first-order valence-electron chi connectivity index (χ1n) is 3.87. The highest BCUT2D eigenvalue weighted by molar-refractivity contribution is 5.41. The van der Waals surface area contributed by atoms with Crippen molar-refractivity contribution in [1.82, 2.24) is 0 Å². The molecule has 0 heterocycles. The molecule has 2 nitrogen and oxygen atoms in total. The average molecular weight is 206 g/mol. The Hall–Kier alpha value is -1.23. The third kappa shape index (κ3) is 1.98. The van der Waals surface area contributed by atoms with Gasteiger partial charge in [-0.2, -0.15) is 13.2 Å². The topological polar surface area (TPSA) is 40.5 Å². The zero-order valence-electron chi connectivity index (χ0n) is 7.34. The quantitative estimate of drug-likeness (QED) is 0.740. The Kier molecular flexibility index (Phi) is 2.71. The van der Waals surface area contributed by atoms with Crippen LogP contribution in [-0.4, -0.2) is 16.4 Å². The van der Waals surface area contributed by atoms with Gasteiger partial charge in [0.1, 0.15) is 5.75 Å². The summed E-state index contributed by atoms with van der Waals surface area (Å²) in [4.78, 5) is 0. The molecule has 0 saturated carbocycles. The highest BCUT2D eigenvalue weighted by Crippen LogP contribution is 2.37. The van der Waals surface area contributed by atoms with Gasteiger partial charge in [0.15, 0.2) is 6.10 Å². The Bertz CT molecular complexity index is 333. The fourth-order valence-corrected chi connectivity index (χ4v) is 1.08. The lowest BCUT2D eigenvalue weighted by Gasteiger charge is -2.16. The van der Waals surface area contributed by atoms with Crippen LogP contribution in [0.3, 0.4) is 0 Å². The largest absolute Gasteiger partial charge is 0.507 e. The molecule has 0 fully saturated rings. The predicted octanol–water partition coefficient (Wildman–Crippen LogP) is 2.30. The Labute approximate surface area is 78.6 Å². The van der Waals surface area contributed by atoms with Gasteiger partial charge in [0, 0.05) is 5.56 Å². The van der Waals surface area contributed by atoms with Crippen molar-refractivity contribution >= 4 is 0 Å². The van der Waals surface area contributed by atoms with Gasteiger partial charge in [0.05, 0.1) is 0 Å². The molecule has 1 atom stereocenters. The van der Waals surface area contributed by atoms with Gasteiger partial charge in [-0.1, -0.05) is 18.2 Å². The van der Waals surface area contributed by atoms with Crippen LogP contribution in [0.5, 0.6) is 5.75 Å². The summed E-state index contributed by atoms with van der Waals surface area (Å²) >= 11 is 0. The molecule has 0 aromatic heterocycles. The molecule has 0 aliphatic carbocycles. The van der Waals surface area contributed by atoms with Crippen LogP contribution in [-0.2, 0) is 0 Å². The van der Waals surface area contributed by atoms with Gasteiger partial charge in [0.2, 0.25) is 0 Å². The number of phenols is 1. The molecule has 1 aromatic rings. The summed E-state index contributed by atoms with van der Waals surface area (Å²) in [6.07, 6.45) is -7.40. The number of hydrogen-bond acceptors (Lipinski definition) is 2. The van der Waals surface area contributed by atoms with Crippen LogP contribution in [0.1, 0.15) is 17.2 Å². The monoisotopic (exact) mass is 206 g/mol. The Balaban J connectivity index is 3.14. The van der Waals surface area contributed by atoms with Gasteiger partial charge in [-0.3, -0.25) is 0 Å². The summed E-state index contributed by atoms with van der Waals surface area (Å²) in [7, 11) is 0. The van der Waals surface area contributed by atoms with Crippen molar-refractivity contribution in [2.45, 2.75) is 19.2 Å². The summed E-state index contributed by atoms with van der Waals surface area (Å²) in [5, 5.41) is 18.1. The number of aryl methyl sites for hydroxylation is 1. The highest BCUT2D eigenvalue weighted by atomic mass is 19.4. The number of aliphatic hydroxyl groups excluding tert-OH is 1. The van der Waals surface area contributed by atoms with E-state index < -0.39 is 23.6 Å². The van der Waals surface area contributed by atoms with Crippen molar-refractivity contribution in [1.29, 1.82) is 0 Å². The van der Waals surface area contributed by atoms with Crippen LogP contribution in [0.15, 0.2) is 18.2 Å². The molecule has 14 heavy (non-hydrogen) atoms. The third-order valence-corrected chi connectivity index (χ3v) is 1.87. The number of rotatable bonds is 1. The molecule has 0 bridgehead atoms. The van der Waals surface area contributed by atoms with E-state index in [1.54, 1.807) is 0 Å². The molecular weight excluding hydrogens is 197 g/mol. The van der Waals surface area contributed by atoms with E-state index >= 15 is 0 Å². The normalized spacial score (nSPS) is 14.1. The molecule has 1 rings (SSSR count). The summed E-state index contributed by atoms with van der Waals surface area (Å²) in [5.74, 6) is -0.516. The minimum absolute atomic E-state index is 0.297. The van der Waals surface area contributed by atoms with E-state index in [1.165, 1.54) is 19.1 Å². The number of aliphatic hydroxyl groups is 1. The lowest BCUT2D eigenvalue weighted by molar-refractivity contribution is -0.207. The first-order chi connectivity index (χ1) is 6.34. The molecule has 1 aromatic carbocycles. The van der Waals surface area contributed by atoms with Crippen LogP contribution in [0.4, 0.5) is 13.2 Å². The van der Waals surface area contributed by atoms with E-state index in [4.69, 9.17) is 5.11 Å². The number of alkyl halides is 3. The van der Waals surface area contributed by atoms with E-state index in [2.05, 4.69) is 0 Å². The third-order valence-electron chi connectivity index (χ3n) is 1.87. The molecule has 0 aliphatic rings. The van der Waals surface area contributed by atoms with Crippen LogP contribution >= 0.6 is 0 Å². The molecule has 0 amide bonds. The number of para-hydroxylation sites is 1. The van der Waals surface area contributed by atoms with Gasteiger partial charge in [-0.25, -0.2) is 0 Å². The lowest BCUT2D eigenvalue weighted by Crippen LogP contribution is -2.20. The number of phenolic OH excluding ortho intramolecular Hbond substituents is 1. The average Bonchev–Trinajstić information content (AvgIpc) is 2.07. The standard InChI is InChI=1S/C9H9F3O2/c1-5-3-2-4-6(7(5)13)8(14)9(10,11)12/h2-4,8,13-14H,1H3. The van der Waals surface area contributed by atoms with Crippen molar-refractivity contribution in [2.24, 2.45) is 0 Å². The fourth-order valence-electron chi connectivity index (χ4n) is 1.08. The smallest absolute Gasteiger partial charge is 0.418 e. The summed E-state index contributed by atoms with van der Waals surface area (Å²) in [5.41, 5.74) is -0.219. The fraction of sp³-hybridized carbons (Fsp3) is 0.333. The minimum Gasteiger partial charge on any atom is -0.507 e. The zero-order chi connectivity index (χ0) is 10.9. The summed E-state index contributed by atoms with van der Waals surface area (Å²) < 4.78 is 36.3. The van der Waals surface area contributed by atoms with Crippen LogP contribution in [0.2, 0.25) is 0 Å². The van der Waals surface area contributed by atoms with E-state index in [-0.39, 0.29) is 0 Å². The number of benzene rings is 1. The number of halogens is 3. The van der Waals surface area contributed by atoms with E-state index in [0.29, 0.717) is 5.56 Å². The Morgan fingerprint density at radius 1 is 1.29 bits per heavy atom.